The third-order valence-corrected chi connectivity index (χ3v) is 5.02. The molecule has 0 saturated heterocycles. The van der Waals surface area contributed by atoms with Crippen LogP contribution in [0.5, 0.6) is 5.75 Å². The van der Waals surface area contributed by atoms with Crippen LogP contribution in [0.15, 0.2) is 46.9 Å². The molecule has 0 aliphatic rings. The number of phenols is 1. The highest BCUT2D eigenvalue weighted by Gasteiger charge is 2.32. The molecule has 0 atom stereocenters. The molecule has 0 fully saturated rings. The molecule has 0 aliphatic carbocycles. The first-order valence-electron chi connectivity index (χ1n) is 8.90. The van der Waals surface area contributed by atoms with E-state index in [0.717, 1.165) is 21.4 Å². The van der Waals surface area contributed by atoms with E-state index in [1.807, 2.05) is 32.0 Å². The molecule has 0 radical (unpaired) electrons. The Kier molecular flexibility index (Phi) is 5.56. The number of phenolic OH excluding ortho intramolecular Hbond substituents is 1. The molecule has 1 N–H and O–H groups in total. The number of hydrogen-bond donors (Lipinski definition) is 1. The van der Waals surface area contributed by atoms with Gasteiger partial charge in [-0.1, -0.05) is 28.1 Å². The van der Waals surface area contributed by atoms with Crippen LogP contribution >= 0.6 is 15.9 Å². The highest BCUT2D eigenvalue weighted by molar-refractivity contribution is 9.10. The number of carbonyl (C=O) groups excluding carboxylic acids is 1. The Hall–Kier alpha value is -2.34. The van der Waals surface area contributed by atoms with Crippen LogP contribution in [-0.4, -0.2) is 27.2 Å². The van der Waals surface area contributed by atoms with Crippen LogP contribution in [0, 0.1) is 5.41 Å². The van der Waals surface area contributed by atoms with E-state index in [-0.39, 0.29) is 11.7 Å². The number of aromatic hydroxyl groups is 1. The van der Waals surface area contributed by atoms with Crippen molar-refractivity contribution in [2.24, 2.45) is 5.41 Å². The summed E-state index contributed by atoms with van der Waals surface area (Å²) in [6.45, 7) is 6.52. The quantitative estimate of drug-likeness (QED) is 0.576. The van der Waals surface area contributed by atoms with Gasteiger partial charge in [0.25, 0.3) is 0 Å². The van der Waals surface area contributed by atoms with Gasteiger partial charge in [-0.25, -0.2) is 4.98 Å². The van der Waals surface area contributed by atoms with Gasteiger partial charge < -0.3 is 14.4 Å². The SMILES string of the molecule is CCOC(=O)C(C)(C)Cc1nc2cc(O)ccc2n1Cc1ccc(Br)cc1. The highest BCUT2D eigenvalue weighted by Crippen LogP contribution is 2.28. The zero-order chi connectivity index (χ0) is 19.6. The molecule has 0 amide bonds. The van der Waals surface area contributed by atoms with Crippen LogP contribution in [-0.2, 0) is 22.5 Å². The lowest BCUT2D eigenvalue weighted by Gasteiger charge is -2.22. The molecular formula is C21H23BrN2O3. The van der Waals surface area contributed by atoms with Gasteiger partial charge in [0.05, 0.1) is 23.1 Å². The Morgan fingerprint density at radius 3 is 2.59 bits per heavy atom. The van der Waals surface area contributed by atoms with Crippen LogP contribution < -0.4 is 0 Å². The number of nitrogens with zero attached hydrogens (tertiary/aromatic N) is 2. The normalized spacial score (nSPS) is 11.7. The summed E-state index contributed by atoms with van der Waals surface area (Å²) in [7, 11) is 0. The van der Waals surface area contributed by atoms with Crippen LogP contribution in [0.3, 0.4) is 0 Å². The van der Waals surface area contributed by atoms with Gasteiger partial charge in [-0.3, -0.25) is 4.79 Å². The summed E-state index contributed by atoms with van der Waals surface area (Å²) in [5, 5.41) is 9.81. The van der Waals surface area contributed by atoms with Crippen molar-refractivity contribution >= 4 is 32.9 Å². The third-order valence-electron chi connectivity index (χ3n) is 4.49. The first-order valence-corrected chi connectivity index (χ1v) is 9.69. The predicted octanol–water partition coefficient (Wildman–Crippen LogP) is 4.68. The fourth-order valence-corrected chi connectivity index (χ4v) is 3.31. The molecule has 6 heteroatoms. The van der Waals surface area contributed by atoms with Gasteiger partial charge in [0.1, 0.15) is 11.6 Å². The van der Waals surface area contributed by atoms with Crippen molar-refractivity contribution in [3.8, 4) is 5.75 Å². The maximum Gasteiger partial charge on any atom is 0.311 e. The average molecular weight is 431 g/mol. The maximum absolute atomic E-state index is 12.3. The lowest BCUT2D eigenvalue weighted by molar-refractivity contribution is -0.153. The molecule has 5 nitrogen and oxygen atoms in total. The van der Waals surface area contributed by atoms with E-state index >= 15 is 0 Å². The van der Waals surface area contributed by atoms with Crippen LogP contribution in [0.25, 0.3) is 11.0 Å². The largest absolute Gasteiger partial charge is 0.508 e. The molecule has 0 saturated carbocycles. The molecule has 0 aliphatic heterocycles. The zero-order valence-electron chi connectivity index (χ0n) is 15.7. The number of imidazole rings is 1. The second-order valence-corrected chi connectivity index (χ2v) is 8.11. The molecule has 1 heterocycles. The minimum absolute atomic E-state index is 0.173. The Morgan fingerprint density at radius 2 is 1.93 bits per heavy atom. The highest BCUT2D eigenvalue weighted by atomic mass is 79.9. The lowest BCUT2D eigenvalue weighted by Crippen LogP contribution is -2.30. The summed E-state index contributed by atoms with van der Waals surface area (Å²) in [6, 6.07) is 13.3. The number of benzene rings is 2. The average Bonchev–Trinajstić information content (AvgIpc) is 2.92. The second kappa shape index (κ2) is 7.72. The lowest BCUT2D eigenvalue weighted by atomic mass is 9.89. The van der Waals surface area contributed by atoms with Gasteiger partial charge >= 0.3 is 5.97 Å². The van der Waals surface area contributed by atoms with E-state index in [9.17, 15) is 9.90 Å². The van der Waals surface area contributed by atoms with Gasteiger partial charge in [0.2, 0.25) is 0 Å². The molecule has 0 unspecified atom stereocenters. The van der Waals surface area contributed by atoms with Gasteiger partial charge in [0.15, 0.2) is 0 Å². The number of fused-ring (bicyclic) bond motifs is 1. The Balaban J connectivity index is 2.02. The number of halogens is 1. The second-order valence-electron chi connectivity index (χ2n) is 7.19. The van der Waals surface area contributed by atoms with Gasteiger partial charge in [-0.2, -0.15) is 0 Å². The van der Waals surface area contributed by atoms with Crippen molar-refractivity contribution in [2.75, 3.05) is 6.61 Å². The first-order chi connectivity index (χ1) is 12.8. The monoisotopic (exact) mass is 430 g/mol. The summed E-state index contributed by atoms with van der Waals surface area (Å²) < 4.78 is 8.34. The van der Waals surface area contributed by atoms with Crippen molar-refractivity contribution in [1.29, 1.82) is 0 Å². The van der Waals surface area contributed by atoms with Gasteiger partial charge in [0, 0.05) is 23.5 Å². The number of hydrogen-bond acceptors (Lipinski definition) is 4. The number of ether oxygens (including phenoxy) is 1. The fraction of sp³-hybridized carbons (Fsp3) is 0.333. The van der Waals surface area contributed by atoms with E-state index in [1.54, 1.807) is 19.1 Å². The summed E-state index contributed by atoms with van der Waals surface area (Å²) in [6.07, 6.45) is 0.442. The topological polar surface area (TPSA) is 64.3 Å². The number of carbonyl (C=O) groups is 1. The maximum atomic E-state index is 12.3. The van der Waals surface area contributed by atoms with E-state index < -0.39 is 5.41 Å². The molecule has 3 aromatic rings. The van der Waals surface area contributed by atoms with Crippen molar-refractivity contribution in [3.63, 3.8) is 0 Å². The summed E-state index contributed by atoms with van der Waals surface area (Å²) in [5.41, 5.74) is 2.06. The van der Waals surface area contributed by atoms with Crippen LogP contribution in [0.2, 0.25) is 0 Å². The zero-order valence-corrected chi connectivity index (χ0v) is 17.3. The first kappa shape index (κ1) is 19.4. The molecule has 0 spiro atoms. The molecular weight excluding hydrogens is 408 g/mol. The fourth-order valence-electron chi connectivity index (χ4n) is 3.05. The van der Waals surface area contributed by atoms with Crippen molar-refractivity contribution < 1.29 is 14.6 Å². The Labute approximate surface area is 167 Å². The molecule has 0 bridgehead atoms. The van der Waals surface area contributed by atoms with Crippen molar-refractivity contribution in [2.45, 2.75) is 33.7 Å². The van der Waals surface area contributed by atoms with E-state index in [0.29, 0.717) is 25.1 Å². The number of aromatic nitrogens is 2. The number of rotatable bonds is 6. The standard InChI is InChI=1S/C21H23BrN2O3/c1-4-27-20(26)21(2,3)12-19-23-17-11-16(25)9-10-18(17)24(19)13-14-5-7-15(22)8-6-14/h5-11,25H,4,12-13H2,1-3H3. The van der Waals surface area contributed by atoms with E-state index in [4.69, 9.17) is 9.72 Å². The minimum atomic E-state index is -0.698. The van der Waals surface area contributed by atoms with Crippen molar-refractivity contribution in [1.82, 2.24) is 9.55 Å². The summed E-state index contributed by atoms with van der Waals surface area (Å²) in [4.78, 5) is 17.0. The number of esters is 1. The Morgan fingerprint density at radius 1 is 1.22 bits per heavy atom. The van der Waals surface area contributed by atoms with E-state index in [2.05, 4.69) is 32.6 Å². The van der Waals surface area contributed by atoms with Crippen LogP contribution in [0.1, 0.15) is 32.2 Å². The molecule has 1 aromatic heterocycles. The predicted molar refractivity (Wildman–Crippen MR) is 109 cm³/mol. The Bertz CT molecular complexity index is 961. The smallest absolute Gasteiger partial charge is 0.311 e. The third kappa shape index (κ3) is 4.33. The molecule has 3 rings (SSSR count). The molecule has 27 heavy (non-hydrogen) atoms. The summed E-state index contributed by atoms with van der Waals surface area (Å²) in [5.74, 6) is 0.721. The van der Waals surface area contributed by atoms with E-state index in [1.165, 1.54) is 0 Å². The van der Waals surface area contributed by atoms with Gasteiger partial charge in [-0.15, -0.1) is 0 Å². The van der Waals surface area contributed by atoms with Crippen molar-refractivity contribution in [3.05, 3.63) is 58.3 Å². The summed E-state index contributed by atoms with van der Waals surface area (Å²) >= 11 is 3.46. The molecule has 2 aromatic carbocycles. The minimum Gasteiger partial charge on any atom is -0.508 e. The molecule has 142 valence electrons. The van der Waals surface area contributed by atoms with Crippen LogP contribution in [0.4, 0.5) is 0 Å². The van der Waals surface area contributed by atoms with Gasteiger partial charge in [-0.05, 0) is 50.6 Å².